The highest BCUT2D eigenvalue weighted by molar-refractivity contribution is 5.80. The van der Waals surface area contributed by atoms with Crippen molar-refractivity contribution in [3.05, 3.63) is 42.4 Å². The van der Waals surface area contributed by atoms with Crippen molar-refractivity contribution in [2.45, 2.75) is 31.7 Å². The summed E-state index contributed by atoms with van der Waals surface area (Å²) in [6.45, 7) is 2.39. The molecule has 7 heteroatoms. The minimum atomic E-state index is -0.0250. The van der Waals surface area contributed by atoms with Gasteiger partial charge in [-0.2, -0.15) is 0 Å². The number of amides is 1. The normalized spacial score (nSPS) is 21.9. The van der Waals surface area contributed by atoms with Gasteiger partial charge in [-0.25, -0.2) is 4.98 Å². The van der Waals surface area contributed by atoms with Crippen LogP contribution < -0.4 is 14.4 Å². The summed E-state index contributed by atoms with van der Waals surface area (Å²) in [6, 6.07) is 5.84. The van der Waals surface area contributed by atoms with Gasteiger partial charge in [-0.1, -0.05) is 0 Å². The average Bonchev–Trinajstić information content (AvgIpc) is 3.28. The van der Waals surface area contributed by atoms with E-state index in [1.807, 2.05) is 23.1 Å². The van der Waals surface area contributed by atoms with E-state index in [0.717, 1.165) is 61.7 Å². The molecule has 2 saturated heterocycles. The molecule has 0 saturated carbocycles. The maximum atomic E-state index is 13.5. The van der Waals surface area contributed by atoms with E-state index in [4.69, 9.17) is 9.47 Å². The van der Waals surface area contributed by atoms with Crippen LogP contribution in [0.25, 0.3) is 0 Å². The predicted octanol–water partition coefficient (Wildman–Crippen LogP) is 3.07. The molecule has 4 rings (SSSR count). The van der Waals surface area contributed by atoms with Crippen LogP contribution in [0, 0.1) is 5.92 Å². The van der Waals surface area contributed by atoms with Crippen molar-refractivity contribution in [1.82, 2.24) is 14.9 Å². The molecule has 2 aliphatic rings. The first-order valence-electron chi connectivity index (χ1n) is 10.2. The van der Waals surface area contributed by atoms with Gasteiger partial charge < -0.3 is 19.3 Å². The first-order valence-corrected chi connectivity index (χ1v) is 10.2. The molecule has 1 aromatic heterocycles. The predicted molar refractivity (Wildman–Crippen MR) is 110 cm³/mol. The Kier molecular flexibility index (Phi) is 5.83. The van der Waals surface area contributed by atoms with E-state index in [-0.39, 0.29) is 17.9 Å². The van der Waals surface area contributed by atoms with Crippen molar-refractivity contribution < 1.29 is 14.3 Å². The SMILES string of the molecule is COc1ccc(OC)c([C@H]2CCCN2C(=O)[C@H]2CCCN(c3cnccn3)C2)c1. The van der Waals surface area contributed by atoms with Gasteiger partial charge in [0, 0.05) is 37.6 Å². The smallest absolute Gasteiger partial charge is 0.227 e. The third-order valence-corrected chi connectivity index (χ3v) is 5.98. The fourth-order valence-corrected chi connectivity index (χ4v) is 4.53. The van der Waals surface area contributed by atoms with E-state index in [0.29, 0.717) is 6.54 Å². The maximum absolute atomic E-state index is 13.5. The van der Waals surface area contributed by atoms with Gasteiger partial charge in [0.15, 0.2) is 0 Å². The molecule has 1 amide bonds. The third kappa shape index (κ3) is 3.99. The molecule has 1 aromatic carbocycles. The molecule has 2 aliphatic heterocycles. The fraction of sp³-hybridized carbons (Fsp3) is 0.500. The van der Waals surface area contributed by atoms with Crippen LogP contribution in [0.1, 0.15) is 37.3 Å². The fourth-order valence-electron chi connectivity index (χ4n) is 4.53. The summed E-state index contributed by atoms with van der Waals surface area (Å²) in [4.78, 5) is 26.3. The van der Waals surface area contributed by atoms with Crippen LogP contribution in [-0.4, -0.2) is 54.6 Å². The van der Waals surface area contributed by atoms with Crippen molar-refractivity contribution in [1.29, 1.82) is 0 Å². The molecule has 2 fully saturated rings. The van der Waals surface area contributed by atoms with Crippen LogP contribution in [0.2, 0.25) is 0 Å². The highest BCUT2D eigenvalue weighted by Gasteiger charge is 2.37. The van der Waals surface area contributed by atoms with Crippen molar-refractivity contribution >= 4 is 11.7 Å². The molecule has 154 valence electrons. The molecule has 0 N–H and O–H groups in total. The Labute approximate surface area is 171 Å². The lowest BCUT2D eigenvalue weighted by Gasteiger charge is -2.36. The first kappa shape index (κ1) is 19.5. The minimum absolute atomic E-state index is 0.0250. The number of carbonyl (C=O) groups excluding carboxylic acids is 1. The summed E-state index contributed by atoms with van der Waals surface area (Å²) in [5.41, 5.74) is 1.03. The van der Waals surface area contributed by atoms with E-state index in [1.54, 1.807) is 32.8 Å². The van der Waals surface area contributed by atoms with E-state index in [9.17, 15) is 4.79 Å². The zero-order valence-electron chi connectivity index (χ0n) is 17.1. The molecular formula is C22H28N4O3. The molecule has 0 aliphatic carbocycles. The number of anilines is 1. The quantitative estimate of drug-likeness (QED) is 0.774. The molecule has 2 aromatic rings. The lowest BCUT2D eigenvalue weighted by atomic mass is 9.95. The number of rotatable bonds is 5. The Morgan fingerprint density at radius 2 is 1.97 bits per heavy atom. The van der Waals surface area contributed by atoms with E-state index in [2.05, 4.69) is 14.9 Å². The summed E-state index contributed by atoms with van der Waals surface area (Å²) >= 11 is 0. The number of benzene rings is 1. The highest BCUT2D eigenvalue weighted by atomic mass is 16.5. The molecule has 7 nitrogen and oxygen atoms in total. The van der Waals surface area contributed by atoms with Gasteiger partial charge >= 0.3 is 0 Å². The molecule has 0 radical (unpaired) electrons. The number of piperidine rings is 1. The Balaban J connectivity index is 1.54. The molecule has 0 spiro atoms. The van der Waals surface area contributed by atoms with Gasteiger partial charge in [0.1, 0.15) is 17.3 Å². The number of ether oxygens (including phenoxy) is 2. The largest absolute Gasteiger partial charge is 0.497 e. The monoisotopic (exact) mass is 396 g/mol. The average molecular weight is 396 g/mol. The van der Waals surface area contributed by atoms with Crippen molar-refractivity contribution in [2.75, 3.05) is 38.8 Å². The van der Waals surface area contributed by atoms with Crippen LogP contribution in [0.4, 0.5) is 5.82 Å². The Bertz CT molecular complexity index is 845. The molecule has 29 heavy (non-hydrogen) atoms. The summed E-state index contributed by atoms with van der Waals surface area (Å²) < 4.78 is 11.0. The number of aromatic nitrogens is 2. The molecule has 0 bridgehead atoms. The number of carbonyl (C=O) groups is 1. The van der Waals surface area contributed by atoms with Gasteiger partial charge in [0.2, 0.25) is 5.91 Å². The second-order valence-corrected chi connectivity index (χ2v) is 7.65. The molecule has 0 unspecified atom stereocenters. The summed E-state index contributed by atoms with van der Waals surface area (Å²) in [6.07, 6.45) is 8.97. The number of methoxy groups -OCH3 is 2. The lowest BCUT2D eigenvalue weighted by molar-refractivity contribution is -0.136. The number of hydrogen-bond acceptors (Lipinski definition) is 6. The first-order chi connectivity index (χ1) is 14.2. The lowest BCUT2D eigenvalue weighted by Crippen LogP contribution is -2.45. The number of nitrogens with zero attached hydrogens (tertiary/aromatic N) is 4. The van der Waals surface area contributed by atoms with Gasteiger partial charge in [0.25, 0.3) is 0 Å². The molecule has 2 atom stereocenters. The van der Waals surface area contributed by atoms with Crippen LogP contribution in [0.3, 0.4) is 0 Å². The van der Waals surface area contributed by atoms with Crippen molar-refractivity contribution in [3.63, 3.8) is 0 Å². The van der Waals surface area contributed by atoms with Crippen LogP contribution >= 0.6 is 0 Å². The van der Waals surface area contributed by atoms with Crippen LogP contribution in [0.15, 0.2) is 36.8 Å². The number of hydrogen-bond donors (Lipinski definition) is 0. The topological polar surface area (TPSA) is 67.8 Å². The standard InChI is InChI=1S/C22H28N4O3/c1-28-17-7-8-20(29-2)18(13-17)19-6-4-12-26(19)22(27)16-5-3-11-25(15-16)21-14-23-9-10-24-21/h7-10,13-14,16,19H,3-6,11-12,15H2,1-2H3/t16-,19+/m0/s1. The number of likely N-dealkylation sites (tertiary alicyclic amines) is 1. The summed E-state index contributed by atoms with van der Waals surface area (Å²) in [7, 11) is 3.33. The van der Waals surface area contributed by atoms with E-state index in [1.165, 1.54) is 0 Å². The van der Waals surface area contributed by atoms with Gasteiger partial charge in [-0.3, -0.25) is 9.78 Å². The summed E-state index contributed by atoms with van der Waals surface area (Å²) in [5.74, 6) is 2.64. The van der Waals surface area contributed by atoms with Gasteiger partial charge in [0.05, 0.1) is 32.4 Å². The van der Waals surface area contributed by atoms with Crippen LogP contribution in [-0.2, 0) is 4.79 Å². The zero-order valence-corrected chi connectivity index (χ0v) is 17.1. The Morgan fingerprint density at radius 1 is 1.10 bits per heavy atom. The molecular weight excluding hydrogens is 368 g/mol. The third-order valence-electron chi connectivity index (χ3n) is 5.98. The van der Waals surface area contributed by atoms with Crippen molar-refractivity contribution in [3.8, 4) is 11.5 Å². The van der Waals surface area contributed by atoms with Crippen LogP contribution in [0.5, 0.6) is 11.5 Å². The maximum Gasteiger partial charge on any atom is 0.227 e. The Hall–Kier alpha value is -2.83. The van der Waals surface area contributed by atoms with Gasteiger partial charge in [-0.05, 0) is 43.9 Å². The summed E-state index contributed by atoms with van der Waals surface area (Å²) in [5, 5.41) is 0. The highest BCUT2D eigenvalue weighted by Crippen LogP contribution is 2.40. The second-order valence-electron chi connectivity index (χ2n) is 7.65. The second kappa shape index (κ2) is 8.68. The minimum Gasteiger partial charge on any atom is -0.497 e. The molecule has 3 heterocycles. The Morgan fingerprint density at radius 3 is 2.72 bits per heavy atom. The zero-order chi connectivity index (χ0) is 20.2. The van der Waals surface area contributed by atoms with Gasteiger partial charge in [-0.15, -0.1) is 0 Å². The van der Waals surface area contributed by atoms with Crippen molar-refractivity contribution in [2.24, 2.45) is 5.92 Å². The van der Waals surface area contributed by atoms with E-state index >= 15 is 0 Å². The van der Waals surface area contributed by atoms with E-state index < -0.39 is 0 Å².